The molecule has 0 bridgehead atoms. The van der Waals surface area contributed by atoms with E-state index in [0.717, 1.165) is 18.4 Å². The smallest absolute Gasteiger partial charge is 0.875 e. The molecule has 136 valence electrons. The number of carbonyl (C=O) groups excluding carboxylic acids is 1. The molecule has 1 aliphatic rings. The van der Waals surface area contributed by atoms with Crippen LogP contribution < -0.4 is 5.11 Å². The number of hydrogen-bond donors (Lipinski definition) is 0. The minimum Gasteiger partial charge on any atom is -0.875 e. The summed E-state index contributed by atoms with van der Waals surface area (Å²) in [5.41, 5.74) is 1.44. The number of benzene rings is 1. The maximum atomic E-state index is 11.9. The molecule has 1 aliphatic carbocycles. The van der Waals surface area contributed by atoms with Gasteiger partial charge in [0, 0.05) is 17.0 Å². The van der Waals surface area contributed by atoms with Crippen molar-refractivity contribution in [2.45, 2.75) is 25.7 Å². The van der Waals surface area contributed by atoms with Gasteiger partial charge in [-0.3, -0.25) is 4.79 Å². The van der Waals surface area contributed by atoms with Crippen molar-refractivity contribution in [3.05, 3.63) is 101 Å². The van der Waals surface area contributed by atoms with Crippen LogP contribution in [0.3, 0.4) is 0 Å². The molecule has 0 atom stereocenters. The Labute approximate surface area is 170 Å². The van der Waals surface area contributed by atoms with Crippen molar-refractivity contribution in [3.8, 4) is 0 Å². The molecule has 0 N–H and O–H groups in total. The average molecular weight is 409 g/mol. The van der Waals surface area contributed by atoms with E-state index < -0.39 is 0 Å². The minimum absolute atomic E-state index is 0. The number of ketones is 1. The first kappa shape index (κ1) is 22.1. The van der Waals surface area contributed by atoms with Crippen molar-refractivity contribution in [2.75, 3.05) is 0 Å². The number of carbonyl (C=O) groups is 1. The maximum Gasteiger partial charge on any atom is 2.00 e. The van der Waals surface area contributed by atoms with E-state index in [1.807, 2.05) is 54.6 Å². The summed E-state index contributed by atoms with van der Waals surface area (Å²) in [6.07, 6.45) is 9.79. The molecule has 2 aromatic rings. The summed E-state index contributed by atoms with van der Waals surface area (Å²) in [4.78, 5) is 11.9. The van der Waals surface area contributed by atoms with E-state index in [9.17, 15) is 9.90 Å². The molecule has 0 heterocycles. The van der Waals surface area contributed by atoms with Gasteiger partial charge in [0.05, 0.1) is 0 Å². The minimum atomic E-state index is 0. The number of Topliss-reactive ketones (excluding diaryl/α,β-unsaturated/α-hetero) is 1. The Bertz CT molecular complexity index is 710. The Morgan fingerprint density at radius 1 is 0.962 bits per heavy atom. The summed E-state index contributed by atoms with van der Waals surface area (Å²) >= 11 is 5.78. The van der Waals surface area contributed by atoms with Crippen LogP contribution in [0.15, 0.2) is 90.2 Å². The largest absolute Gasteiger partial charge is 2.00 e. The van der Waals surface area contributed by atoms with E-state index in [2.05, 4.69) is 0 Å². The van der Waals surface area contributed by atoms with E-state index in [1.54, 1.807) is 24.3 Å². The standard InChI is InChI=1S/C17H17ClO2.C5H5.Fe/c18-15-11-9-14(10-12-15)17(20)8-4-3-7-16(19)13-5-1-2-6-13;1-2-4-5-3-1;/h1-2,5-6,9-12,19H,3-4,7-8H2;1-5H;/q;-1;+2/p-1. The summed E-state index contributed by atoms with van der Waals surface area (Å²) in [5.74, 6) is 0.247. The van der Waals surface area contributed by atoms with Crippen LogP contribution >= 0.6 is 11.6 Å². The first-order valence-electron chi connectivity index (χ1n) is 8.37. The quantitative estimate of drug-likeness (QED) is 0.216. The van der Waals surface area contributed by atoms with Crippen molar-refractivity contribution in [2.24, 2.45) is 0 Å². The van der Waals surface area contributed by atoms with Crippen LogP contribution in [0.5, 0.6) is 0 Å². The molecular formula is C22H21ClFeO2. The first-order chi connectivity index (χ1) is 12.2. The van der Waals surface area contributed by atoms with E-state index >= 15 is 0 Å². The molecule has 0 fully saturated rings. The first-order valence-corrected chi connectivity index (χ1v) is 8.75. The zero-order chi connectivity index (χ0) is 17.9. The molecule has 0 amide bonds. The van der Waals surface area contributed by atoms with Crippen LogP contribution in [-0.2, 0) is 17.1 Å². The fourth-order valence-electron chi connectivity index (χ4n) is 2.38. The monoisotopic (exact) mass is 408 g/mol. The molecular weight excluding hydrogens is 388 g/mol. The Hall–Kier alpha value is -1.93. The van der Waals surface area contributed by atoms with Crippen LogP contribution in [0.4, 0.5) is 0 Å². The predicted octanol–water partition coefficient (Wildman–Crippen LogP) is 5.23. The van der Waals surface area contributed by atoms with Crippen LogP contribution in [0, 0.1) is 0 Å². The van der Waals surface area contributed by atoms with Crippen LogP contribution in [0.2, 0.25) is 5.02 Å². The summed E-state index contributed by atoms with van der Waals surface area (Å²) in [6.45, 7) is 0. The second-order valence-corrected chi connectivity index (χ2v) is 6.13. The Morgan fingerprint density at radius 3 is 2.08 bits per heavy atom. The van der Waals surface area contributed by atoms with Crippen molar-refractivity contribution in [1.29, 1.82) is 0 Å². The van der Waals surface area contributed by atoms with Crippen LogP contribution in [0.25, 0.3) is 0 Å². The number of rotatable bonds is 6. The van der Waals surface area contributed by atoms with Gasteiger partial charge in [0.1, 0.15) is 0 Å². The number of hydrogen-bond acceptors (Lipinski definition) is 2. The molecule has 0 radical (unpaired) electrons. The van der Waals surface area contributed by atoms with Gasteiger partial charge in [-0.1, -0.05) is 35.9 Å². The van der Waals surface area contributed by atoms with E-state index in [0.29, 0.717) is 23.4 Å². The maximum absolute atomic E-state index is 11.9. The second kappa shape index (κ2) is 12.4. The van der Waals surface area contributed by atoms with Gasteiger partial charge in [-0.15, -0.1) is 5.76 Å². The molecule has 3 rings (SSSR count). The molecule has 4 heteroatoms. The molecule has 2 aromatic carbocycles. The van der Waals surface area contributed by atoms with Crippen molar-refractivity contribution in [1.82, 2.24) is 0 Å². The topological polar surface area (TPSA) is 40.1 Å². The van der Waals surface area contributed by atoms with Gasteiger partial charge in [0.25, 0.3) is 0 Å². The number of allylic oxidation sites excluding steroid dienone is 6. The SMILES string of the molecule is O=C(CCCCC([O-])=C1C=CC=C1)c1ccc(Cl)cc1.[Fe+2].c1cc[cH-]c1. The van der Waals surface area contributed by atoms with Crippen molar-refractivity contribution >= 4 is 17.4 Å². The fourth-order valence-corrected chi connectivity index (χ4v) is 2.50. The van der Waals surface area contributed by atoms with Crippen molar-refractivity contribution < 1.29 is 27.0 Å². The average Bonchev–Trinajstić information content (AvgIpc) is 3.35. The molecule has 0 unspecified atom stereocenters. The van der Waals surface area contributed by atoms with Gasteiger partial charge in [-0.2, -0.15) is 18.2 Å². The number of unbranched alkanes of at least 4 members (excludes halogenated alkanes) is 1. The van der Waals surface area contributed by atoms with Crippen LogP contribution in [-0.4, -0.2) is 5.78 Å². The molecule has 26 heavy (non-hydrogen) atoms. The van der Waals surface area contributed by atoms with Crippen LogP contribution in [0.1, 0.15) is 36.0 Å². The van der Waals surface area contributed by atoms with Gasteiger partial charge < -0.3 is 5.11 Å². The Balaban J connectivity index is 0.000000486. The molecule has 0 spiro atoms. The third-order valence-corrected chi connectivity index (χ3v) is 4.02. The summed E-state index contributed by atoms with van der Waals surface area (Å²) in [7, 11) is 0. The summed E-state index contributed by atoms with van der Waals surface area (Å²) < 4.78 is 0. The third-order valence-electron chi connectivity index (χ3n) is 3.76. The van der Waals surface area contributed by atoms with Gasteiger partial charge >= 0.3 is 17.1 Å². The molecule has 0 saturated heterocycles. The second-order valence-electron chi connectivity index (χ2n) is 5.70. The summed E-state index contributed by atoms with van der Waals surface area (Å²) in [6, 6.07) is 16.9. The van der Waals surface area contributed by atoms with Gasteiger partial charge in [0.2, 0.25) is 0 Å². The van der Waals surface area contributed by atoms with E-state index in [-0.39, 0.29) is 28.6 Å². The van der Waals surface area contributed by atoms with E-state index in [1.165, 1.54) is 0 Å². The predicted molar refractivity (Wildman–Crippen MR) is 102 cm³/mol. The fraction of sp³-hybridized carbons (Fsp3) is 0.182. The molecule has 0 aliphatic heterocycles. The zero-order valence-electron chi connectivity index (χ0n) is 14.4. The normalized spacial score (nSPS) is 11.5. The Kier molecular flexibility index (Phi) is 10.6. The summed E-state index contributed by atoms with van der Waals surface area (Å²) in [5, 5.41) is 12.4. The van der Waals surface area contributed by atoms with E-state index in [4.69, 9.17) is 11.6 Å². The molecule has 0 aromatic heterocycles. The molecule has 2 nitrogen and oxygen atoms in total. The third kappa shape index (κ3) is 7.97. The number of halogens is 1. The Morgan fingerprint density at radius 2 is 1.54 bits per heavy atom. The van der Waals surface area contributed by atoms with Gasteiger partial charge in [0.15, 0.2) is 5.78 Å². The zero-order valence-corrected chi connectivity index (χ0v) is 16.2. The van der Waals surface area contributed by atoms with Gasteiger partial charge in [-0.05, 0) is 49.1 Å². The van der Waals surface area contributed by atoms with Gasteiger partial charge in [-0.25, -0.2) is 12.1 Å². The molecule has 0 saturated carbocycles. The van der Waals surface area contributed by atoms with Crippen molar-refractivity contribution in [3.63, 3.8) is 0 Å².